The molecule has 9 heavy (non-hydrogen) atoms. The van der Waals surface area contributed by atoms with Crippen molar-refractivity contribution in [2.24, 2.45) is 5.92 Å². The molecule has 0 saturated carbocycles. The standard InChI is InChI=1S/C7H14O2/c1-6-7(5-8)3-2-4-9-6/h6-8H,2-5H2,1H3/t6-,7-/m1/s1. The first-order valence-corrected chi connectivity index (χ1v) is 3.57. The lowest BCUT2D eigenvalue weighted by Gasteiger charge is -2.27. The fourth-order valence-electron chi connectivity index (χ4n) is 1.23. The van der Waals surface area contributed by atoms with Crippen LogP contribution in [0.4, 0.5) is 0 Å². The first-order valence-electron chi connectivity index (χ1n) is 3.57. The van der Waals surface area contributed by atoms with Crippen molar-refractivity contribution in [1.82, 2.24) is 0 Å². The van der Waals surface area contributed by atoms with E-state index in [1.165, 1.54) is 0 Å². The van der Waals surface area contributed by atoms with Crippen LogP contribution in [0.1, 0.15) is 19.8 Å². The molecule has 0 spiro atoms. The highest BCUT2D eigenvalue weighted by Gasteiger charge is 2.20. The Morgan fingerprint density at radius 1 is 1.67 bits per heavy atom. The van der Waals surface area contributed by atoms with E-state index >= 15 is 0 Å². The van der Waals surface area contributed by atoms with E-state index < -0.39 is 0 Å². The van der Waals surface area contributed by atoms with E-state index in [-0.39, 0.29) is 12.7 Å². The number of ether oxygens (including phenoxy) is 1. The molecule has 0 aromatic carbocycles. The predicted octanol–water partition coefficient (Wildman–Crippen LogP) is 0.794. The van der Waals surface area contributed by atoms with Gasteiger partial charge < -0.3 is 9.84 Å². The van der Waals surface area contributed by atoms with E-state index in [2.05, 4.69) is 0 Å². The first kappa shape index (κ1) is 7.03. The molecule has 2 heteroatoms. The second-order valence-corrected chi connectivity index (χ2v) is 2.66. The smallest absolute Gasteiger partial charge is 0.0597 e. The molecule has 0 amide bonds. The Kier molecular flexibility index (Phi) is 2.49. The molecule has 2 nitrogen and oxygen atoms in total. The molecule has 0 unspecified atom stereocenters. The second kappa shape index (κ2) is 3.18. The van der Waals surface area contributed by atoms with Crippen molar-refractivity contribution in [1.29, 1.82) is 0 Å². The zero-order valence-electron chi connectivity index (χ0n) is 5.84. The van der Waals surface area contributed by atoms with Gasteiger partial charge in [-0.15, -0.1) is 0 Å². The van der Waals surface area contributed by atoms with Gasteiger partial charge in [0, 0.05) is 19.1 Å². The van der Waals surface area contributed by atoms with Crippen molar-refractivity contribution in [3.63, 3.8) is 0 Å². The summed E-state index contributed by atoms with van der Waals surface area (Å²) in [6, 6.07) is 0. The minimum atomic E-state index is 0.267. The zero-order valence-corrected chi connectivity index (χ0v) is 5.84. The van der Waals surface area contributed by atoms with E-state index in [0.29, 0.717) is 5.92 Å². The summed E-state index contributed by atoms with van der Waals surface area (Å²) in [4.78, 5) is 0. The van der Waals surface area contributed by atoms with Gasteiger partial charge in [0.15, 0.2) is 0 Å². The lowest BCUT2D eigenvalue weighted by Crippen LogP contribution is -2.29. The van der Waals surface area contributed by atoms with Crippen LogP contribution in [0.3, 0.4) is 0 Å². The minimum Gasteiger partial charge on any atom is -0.396 e. The average Bonchev–Trinajstić information content (AvgIpc) is 1.89. The predicted molar refractivity (Wildman–Crippen MR) is 35.2 cm³/mol. The molecule has 1 aliphatic heterocycles. The molecule has 1 aliphatic rings. The Balaban J connectivity index is 2.30. The largest absolute Gasteiger partial charge is 0.396 e. The van der Waals surface area contributed by atoms with Gasteiger partial charge in [0.25, 0.3) is 0 Å². The SMILES string of the molecule is C[C@H]1OCCC[C@@H]1CO. The molecule has 1 heterocycles. The number of rotatable bonds is 1. The average molecular weight is 130 g/mol. The van der Waals surface area contributed by atoms with Crippen molar-refractivity contribution in [3.05, 3.63) is 0 Å². The van der Waals surface area contributed by atoms with Gasteiger partial charge in [-0.2, -0.15) is 0 Å². The summed E-state index contributed by atoms with van der Waals surface area (Å²) in [5, 5.41) is 8.78. The fraction of sp³-hybridized carbons (Fsp3) is 1.00. The fourth-order valence-corrected chi connectivity index (χ4v) is 1.23. The summed E-state index contributed by atoms with van der Waals surface area (Å²) in [6.45, 7) is 3.18. The summed E-state index contributed by atoms with van der Waals surface area (Å²) in [5.74, 6) is 0.388. The van der Waals surface area contributed by atoms with Gasteiger partial charge in [-0.1, -0.05) is 0 Å². The van der Waals surface area contributed by atoms with E-state index in [0.717, 1.165) is 19.4 Å². The van der Waals surface area contributed by atoms with E-state index in [1.807, 2.05) is 6.92 Å². The van der Waals surface area contributed by atoms with Crippen LogP contribution in [-0.4, -0.2) is 24.4 Å². The molecule has 0 aromatic heterocycles. The van der Waals surface area contributed by atoms with Gasteiger partial charge in [0.2, 0.25) is 0 Å². The normalized spacial score (nSPS) is 36.7. The maximum atomic E-state index is 8.78. The zero-order chi connectivity index (χ0) is 6.69. The Labute approximate surface area is 55.8 Å². The molecule has 54 valence electrons. The van der Waals surface area contributed by atoms with Gasteiger partial charge in [-0.05, 0) is 19.8 Å². The van der Waals surface area contributed by atoms with Gasteiger partial charge in [0.05, 0.1) is 6.10 Å². The molecule has 1 N–H and O–H groups in total. The van der Waals surface area contributed by atoms with Crippen LogP contribution >= 0.6 is 0 Å². The molecule has 1 rings (SSSR count). The quantitative estimate of drug-likeness (QED) is 0.568. The lowest BCUT2D eigenvalue weighted by atomic mass is 9.97. The Morgan fingerprint density at radius 2 is 2.44 bits per heavy atom. The molecule has 0 aromatic rings. The van der Waals surface area contributed by atoms with Crippen LogP contribution in [0.15, 0.2) is 0 Å². The van der Waals surface area contributed by atoms with Crippen LogP contribution in [-0.2, 0) is 4.74 Å². The topological polar surface area (TPSA) is 29.5 Å². The molecule has 2 atom stereocenters. The molecule has 0 bridgehead atoms. The van der Waals surface area contributed by atoms with Crippen LogP contribution in [0, 0.1) is 5.92 Å². The Hall–Kier alpha value is -0.0800. The molecule has 0 aliphatic carbocycles. The summed E-state index contributed by atoms with van der Waals surface area (Å²) >= 11 is 0. The molecule has 0 radical (unpaired) electrons. The van der Waals surface area contributed by atoms with Crippen LogP contribution in [0.5, 0.6) is 0 Å². The van der Waals surface area contributed by atoms with E-state index in [9.17, 15) is 0 Å². The van der Waals surface area contributed by atoms with Gasteiger partial charge >= 0.3 is 0 Å². The van der Waals surface area contributed by atoms with Crippen molar-refractivity contribution >= 4 is 0 Å². The summed E-state index contributed by atoms with van der Waals surface area (Å²) in [5.41, 5.74) is 0. The summed E-state index contributed by atoms with van der Waals surface area (Å²) < 4.78 is 5.32. The third kappa shape index (κ3) is 1.66. The lowest BCUT2D eigenvalue weighted by molar-refractivity contribution is -0.0324. The number of hydrogen-bond acceptors (Lipinski definition) is 2. The number of aliphatic hydroxyl groups is 1. The van der Waals surface area contributed by atoms with Crippen LogP contribution < -0.4 is 0 Å². The van der Waals surface area contributed by atoms with E-state index in [4.69, 9.17) is 9.84 Å². The molecular formula is C7H14O2. The van der Waals surface area contributed by atoms with Crippen molar-refractivity contribution in [2.75, 3.05) is 13.2 Å². The van der Waals surface area contributed by atoms with Gasteiger partial charge in [-0.25, -0.2) is 0 Å². The maximum absolute atomic E-state index is 8.78. The highest BCUT2D eigenvalue weighted by molar-refractivity contribution is 4.69. The number of hydrogen-bond donors (Lipinski definition) is 1. The van der Waals surface area contributed by atoms with Gasteiger partial charge in [-0.3, -0.25) is 0 Å². The summed E-state index contributed by atoms with van der Waals surface area (Å²) in [7, 11) is 0. The molecule has 1 fully saturated rings. The highest BCUT2D eigenvalue weighted by atomic mass is 16.5. The third-order valence-electron chi connectivity index (χ3n) is 2.00. The van der Waals surface area contributed by atoms with Crippen LogP contribution in [0.2, 0.25) is 0 Å². The minimum absolute atomic E-state index is 0.267. The van der Waals surface area contributed by atoms with Crippen molar-refractivity contribution < 1.29 is 9.84 Å². The number of aliphatic hydroxyl groups excluding tert-OH is 1. The van der Waals surface area contributed by atoms with Gasteiger partial charge in [0.1, 0.15) is 0 Å². The molecular weight excluding hydrogens is 116 g/mol. The molecule has 1 saturated heterocycles. The van der Waals surface area contributed by atoms with Crippen molar-refractivity contribution in [2.45, 2.75) is 25.9 Å². The third-order valence-corrected chi connectivity index (χ3v) is 2.00. The van der Waals surface area contributed by atoms with E-state index in [1.54, 1.807) is 0 Å². The highest BCUT2D eigenvalue weighted by Crippen LogP contribution is 2.18. The second-order valence-electron chi connectivity index (χ2n) is 2.66. The summed E-state index contributed by atoms with van der Waals surface area (Å²) in [6.07, 6.45) is 2.50. The Bertz CT molecular complexity index is 83.0. The maximum Gasteiger partial charge on any atom is 0.0597 e. The first-order chi connectivity index (χ1) is 4.34. The Morgan fingerprint density at radius 3 is 2.89 bits per heavy atom. The van der Waals surface area contributed by atoms with Crippen LogP contribution in [0.25, 0.3) is 0 Å². The van der Waals surface area contributed by atoms with Crippen molar-refractivity contribution in [3.8, 4) is 0 Å². The monoisotopic (exact) mass is 130 g/mol.